The summed E-state index contributed by atoms with van der Waals surface area (Å²) in [7, 11) is 0. The van der Waals surface area contributed by atoms with Crippen molar-refractivity contribution in [1.82, 2.24) is 15.6 Å². The van der Waals surface area contributed by atoms with Crippen LogP contribution in [0.2, 0.25) is 0 Å². The highest BCUT2D eigenvalue weighted by Crippen LogP contribution is 2.16. The summed E-state index contributed by atoms with van der Waals surface area (Å²) >= 11 is 1.75. The molecule has 0 aliphatic heterocycles. The number of aryl methyl sites for hydroxylation is 2. The number of carbonyl (C=O) groups excluding carboxylic acids is 1. The number of nitrogens with one attached hydrogen (secondary N) is 3. The quantitative estimate of drug-likeness (QED) is 0.376. The smallest absolute Gasteiger partial charge is 0.291 e. The van der Waals surface area contributed by atoms with E-state index in [4.69, 9.17) is 4.42 Å². The molecule has 3 aromatic rings. The first-order valence-electron chi connectivity index (χ1n) is 9.94. The second-order valence-corrected chi connectivity index (χ2v) is 8.04. The van der Waals surface area contributed by atoms with Gasteiger partial charge in [0.05, 0.1) is 23.5 Å². The maximum atomic E-state index is 12.0. The van der Waals surface area contributed by atoms with Crippen molar-refractivity contribution in [3.63, 3.8) is 0 Å². The molecule has 0 bridgehead atoms. The van der Waals surface area contributed by atoms with Crippen LogP contribution in [-0.4, -0.2) is 29.9 Å². The number of hydrogen-bond acceptors (Lipinski definition) is 5. The third kappa shape index (κ3) is 6.18. The Morgan fingerprint density at radius 2 is 1.97 bits per heavy atom. The van der Waals surface area contributed by atoms with E-state index in [0.29, 0.717) is 12.2 Å². The van der Waals surface area contributed by atoms with Crippen molar-refractivity contribution >= 4 is 28.9 Å². The molecule has 0 atom stereocenters. The van der Waals surface area contributed by atoms with E-state index >= 15 is 0 Å². The fourth-order valence-corrected chi connectivity index (χ4v) is 3.67. The first kappa shape index (κ1) is 21.6. The topological polar surface area (TPSA) is 91.5 Å². The Morgan fingerprint density at radius 1 is 1.17 bits per heavy atom. The molecule has 7 nitrogen and oxygen atoms in total. The van der Waals surface area contributed by atoms with Gasteiger partial charge in [0.15, 0.2) is 11.7 Å². The van der Waals surface area contributed by atoms with Crippen LogP contribution in [0.25, 0.3) is 0 Å². The van der Waals surface area contributed by atoms with Gasteiger partial charge in [-0.2, -0.15) is 0 Å². The Labute approximate surface area is 180 Å². The molecular weight excluding hydrogens is 398 g/mol. The van der Waals surface area contributed by atoms with Crippen molar-refractivity contribution in [2.75, 3.05) is 18.4 Å². The highest BCUT2D eigenvalue weighted by molar-refractivity contribution is 7.11. The molecule has 2 heterocycles. The van der Waals surface area contributed by atoms with E-state index in [1.165, 1.54) is 11.1 Å². The average molecular weight is 426 g/mol. The standard InChI is InChI=1S/C22H27N5O2S/c1-4-23-22(24-12-11-20-26-15(2)16(3)30-20)25-14-17-7-9-18(10-8-17)27-21(28)19-6-5-13-29-19/h5-10,13H,4,11-12,14H2,1-3H3,(H,27,28)(H2,23,24,25). The number of guanidine groups is 1. The minimum atomic E-state index is -0.268. The Morgan fingerprint density at radius 3 is 2.60 bits per heavy atom. The van der Waals surface area contributed by atoms with Gasteiger partial charge in [-0.1, -0.05) is 12.1 Å². The van der Waals surface area contributed by atoms with Crippen molar-refractivity contribution in [3.05, 3.63) is 69.6 Å². The largest absolute Gasteiger partial charge is 0.459 e. The van der Waals surface area contributed by atoms with Crippen LogP contribution in [0.1, 0.15) is 38.6 Å². The second kappa shape index (κ2) is 10.6. The Kier molecular flexibility index (Phi) is 7.62. The summed E-state index contributed by atoms with van der Waals surface area (Å²) in [6.07, 6.45) is 2.35. The van der Waals surface area contributed by atoms with Crippen LogP contribution in [-0.2, 0) is 13.0 Å². The second-order valence-electron chi connectivity index (χ2n) is 6.75. The van der Waals surface area contributed by atoms with E-state index in [2.05, 4.69) is 32.9 Å². The Hall–Kier alpha value is -3.13. The number of amides is 1. The monoisotopic (exact) mass is 425 g/mol. The van der Waals surface area contributed by atoms with Gasteiger partial charge in [-0.3, -0.25) is 4.79 Å². The van der Waals surface area contributed by atoms with Crippen molar-refractivity contribution in [1.29, 1.82) is 0 Å². The first-order chi connectivity index (χ1) is 14.5. The number of benzene rings is 1. The molecule has 1 amide bonds. The molecule has 0 aliphatic rings. The zero-order chi connectivity index (χ0) is 21.3. The third-order valence-electron chi connectivity index (χ3n) is 4.42. The summed E-state index contributed by atoms with van der Waals surface area (Å²) in [6.45, 7) is 8.29. The minimum Gasteiger partial charge on any atom is -0.459 e. The zero-order valence-electron chi connectivity index (χ0n) is 17.5. The highest BCUT2D eigenvalue weighted by atomic mass is 32.1. The lowest BCUT2D eigenvalue weighted by atomic mass is 10.2. The van der Waals surface area contributed by atoms with Crippen LogP contribution in [0.3, 0.4) is 0 Å². The number of furan rings is 1. The number of carbonyl (C=O) groups is 1. The summed E-state index contributed by atoms with van der Waals surface area (Å²) < 4.78 is 5.10. The molecule has 8 heteroatoms. The minimum absolute atomic E-state index is 0.268. The fraction of sp³-hybridized carbons (Fsp3) is 0.318. The SMILES string of the molecule is CCNC(=NCc1ccc(NC(=O)c2ccco2)cc1)NCCc1nc(C)c(C)s1. The maximum Gasteiger partial charge on any atom is 0.291 e. The summed E-state index contributed by atoms with van der Waals surface area (Å²) in [4.78, 5) is 22.5. The lowest BCUT2D eigenvalue weighted by Gasteiger charge is -2.11. The van der Waals surface area contributed by atoms with Gasteiger partial charge < -0.3 is 20.4 Å². The Balaban J connectivity index is 1.51. The summed E-state index contributed by atoms with van der Waals surface area (Å²) in [5, 5.41) is 10.6. The molecule has 0 fully saturated rings. The average Bonchev–Trinajstić information content (AvgIpc) is 3.38. The third-order valence-corrected chi connectivity index (χ3v) is 5.56. The van der Waals surface area contributed by atoms with E-state index in [1.807, 2.05) is 38.1 Å². The van der Waals surface area contributed by atoms with Gasteiger partial charge in [-0.05, 0) is 50.6 Å². The molecule has 0 unspecified atom stereocenters. The molecule has 1 aromatic carbocycles. The van der Waals surface area contributed by atoms with Crippen LogP contribution in [0.5, 0.6) is 0 Å². The normalized spacial score (nSPS) is 11.4. The first-order valence-corrected chi connectivity index (χ1v) is 10.8. The molecule has 158 valence electrons. The van der Waals surface area contributed by atoms with Gasteiger partial charge in [0, 0.05) is 30.1 Å². The number of nitrogens with zero attached hydrogens (tertiary/aromatic N) is 2. The number of hydrogen-bond donors (Lipinski definition) is 3. The number of aliphatic imine (C=N–C) groups is 1. The molecule has 3 rings (SSSR count). The van der Waals surface area contributed by atoms with Gasteiger partial charge in [-0.25, -0.2) is 9.98 Å². The van der Waals surface area contributed by atoms with Crippen LogP contribution in [0.4, 0.5) is 5.69 Å². The lowest BCUT2D eigenvalue weighted by molar-refractivity contribution is 0.0996. The maximum absolute atomic E-state index is 12.0. The van der Waals surface area contributed by atoms with E-state index in [1.54, 1.807) is 23.5 Å². The molecule has 2 aromatic heterocycles. The molecule has 30 heavy (non-hydrogen) atoms. The highest BCUT2D eigenvalue weighted by Gasteiger charge is 2.08. The van der Waals surface area contributed by atoms with Crippen LogP contribution >= 0.6 is 11.3 Å². The van der Waals surface area contributed by atoms with Crippen molar-refractivity contribution in [2.24, 2.45) is 4.99 Å². The van der Waals surface area contributed by atoms with Gasteiger partial charge in [-0.15, -0.1) is 11.3 Å². The molecule has 0 saturated carbocycles. The van der Waals surface area contributed by atoms with Gasteiger partial charge in [0.25, 0.3) is 5.91 Å². The molecule has 0 aliphatic carbocycles. The molecule has 0 saturated heterocycles. The van der Waals surface area contributed by atoms with E-state index in [-0.39, 0.29) is 11.7 Å². The fourth-order valence-electron chi connectivity index (χ4n) is 2.74. The van der Waals surface area contributed by atoms with E-state index < -0.39 is 0 Å². The van der Waals surface area contributed by atoms with Gasteiger partial charge >= 0.3 is 0 Å². The number of aromatic nitrogens is 1. The van der Waals surface area contributed by atoms with E-state index in [9.17, 15) is 4.79 Å². The van der Waals surface area contributed by atoms with Crippen molar-refractivity contribution in [2.45, 2.75) is 33.7 Å². The molecular formula is C22H27N5O2S. The predicted molar refractivity (Wildman–Crippen MR) is 121 cm³/mol. The predicted octanol–water partition coefficient (Wildman–Crippen LogP) is 3.90. The van der Waals surface area contributed by atoms with Crippen LogP contribution < -0.4 is 16.0 Å². The number of anilines is 1. The lowest BCUT2D eigenvalue weighted by Crippen LogP contribution is -2.38. The zero-order valence-corrected chi connectivity index (χ0v) is 18.3. The van der Waals surface area contributed by atoms with Gasteiger partial charge in [0.1, 0.15) is 0 Å². The molecule has 0 radical (unpaired) electrons. The van der Waals surface area contributed by atoms with Crippen LogP contribution in [0.15, 0.2) is 52.1 Å². The molecule has 3 N–H and O–H groups in total. The summed E-state index contributed by atoms with van der Waals surface area (Å²) in [5.74, 6) is 0.792. The van der Waals surface area contributed by atoms with Gasteiger partial charge in [0.2, 0.25) is 0 Å². The number of rotatable bonds is 8. The van der Waals surface area contributed by atoms with Crippen molar-refractivity contribution < 1.29 is 9.21 Å². The van der Waals surface area contributed by atoms with Crippen LogP contribution in [0, 0.1) is 13.8 Å². The Bertz CT molecular complexity index is 958. The number of thiazole rings is 1. The van der Waals surface area contributed by atoms with E-state index in [0.717, 1.165) is 41.7 Å². The molecule has 0 spiro atoms. The summed E-state index contributed by atoms with van der Waals surface area (Å²) in [6, 6.07) is 10.9. The summed E-state index contributed by atoms with van der Waals surface area (Å²) in [5.41, 5.74) is 2.87. The van der Waals surface area contributed by atoms with Crippen molar-refractivity contribution in [3.8, 4) is 0 Å².